The van der Waals surface area contributed by atoms with Gasteiger partial charge in [-0.25, -0.2) is 9.37 Å². The lowest BCUT2D eigenvalue weighted by molar-refractivity contribution is -0.122. The molecule has 2 aliphatic heterocycles. The summed E-state index contributed by atoms with van der Waals surface area (Å²) in [7, 11) is 0. The van der Waals surface area contributed by atoms with E-state index >= 15 is 0 Å². The quantitative estimate of drug-likeness (QED) is 0.342. The van der Waals surface area contributed by atoms with E-state index in [4.69, 9.17) is 9.90 Å². The van der Waals surface area contributed by atoms with Crippen molar-refractivity contribution in [3.8, 4) is 0 Å². The van der Waals surface area contributed by atoms with Gasteiger partial charge in [-0.3, -0.25) is 4.79 Å². The van der Waals surface area contributed by atoms with E-state index in [2.05, 4.69) is 62.2 Å². The average molecular weight is 549 g/mol. The van der Waals surface area contributed by atoms with Crippen molar-refractivity contribution >= 4 is 6.47 Å². The van der Waals surface area contributed by atoms with Gasteiger partial charge in [0.1, 0.15) is 5.82 Å². The Morgan fingerprint density at radius 1 is 0.875 bits per heavy atom. The van der Waals surface area contributed by atoms with Gasteiger partial charge in [-0.2, -0.15) is 0 Å². The molecule has 0 amide bonds. The number of nitrogens with zero attached hydrogens (tertiary/aromatic N) is 4. The molecule has 2 saturated heterocycles. The average Bonchev–Trinajstić information content (AvgIpc) is 3.60. The maximum atomic E-state index is 11.9. The Kier molecular flexibility index (Phi) is 12.2. The van der Waals surface area contributed by atoms with Crippen LogP contribution in [0.4, 0.5) is 4.39 Å². The second-order valence-corrected chi connectivity index (χ2v) is 11.4. The van der Waals surface area contributed by atoms with Gasteiger partial charge in [-0.15, -0.1) is 0 Å². The predicted octanol–water partition coefficient (Wildman–Crippen LogP) is 6.15. The summed E-state index contributed by atoms with van der Waals surface area (Å²) in [5.41, 5.74) is 2.53. The molecule has 216 valence electrons. The SMILES string of the molecule is Fc1ccccc1.O=CO.c1ccc(Cc2cn(C3CCN(C[C@@H]4CCN(CCC5CCC5)C4)CC3)cn2)cc1. The summed E-state index contributed by atoms with van der Waals surface area (Å²) in [4.78, 5) is 18.5. The molecule has 3 aliphatic rings. The maximum absolute atomic E-state index is 11.9. The zero-order valence-electron chi connectivity index (χ0n) is 23.7. The molecule has 0 bridgehead atoms. The molecule has 6 rings (SSSR count). The topological polar surface area (TPSA) is 61.6 Å². The van der Waals surface area contributed by atoms with Crippen molar-refractivity contribution in [1.29, 1.82) is 0 Å². The summed E-state index contributed by atoms with van der Waals surface area (Å²) in [6, 6.07) is 19.2. The molecule has 1 saturated carbocycles. The number of piperidine rings is 1. The van der Waals surface area contributed by atoms with E-state index in [0.717, 1.165) is 18.3 Å². The Bertz CT molecular complexity index is 1100. The molecule has 1 atom stereocenters. The summed E-state index contributed by atoms with van der Waals surface area (Å²) in [6.45, 7) is 7.60. The number of carbonyl (C=O) groups is 1. The number of carboxylic acid groups (broad SMARTS) is 1. The molecule has 40 heavy (non-hydrogen) atoms. The number of imidazole rings is 1. The van der Waals surface area contributed by atoms with E-state index in [0.29, 0.717) is 6.04 Å². The van der Waals surface area contributed by atoms with E-state index in [9.17, 15) is 4.39 Å². The van der Waals surface area contributed by atoms with Crippen LogP contribution in [0.2, 0.25) is 0 Å². The largest absolute Gasteiger partial charge is 0.483 e. The van der Waals surface area contributed by atoms with E-state index in [-0.39, 0.29) is 12.3 Å². The highest BCUT2D eigenvalue weighted by Gasteiger charge is 2.28. The molecule has 2 aromatic carbocycles. The molecule has 3 aromatic rings. The summed E-state index contributed by atoms with van der Waals surface area (Å²) < 4.78 is 14.3. The number of likely N-dealkylation sites (tertiary alicyclic amines) is 2. The van der Waals surface area contributed by atoms with Crippen LogP contribution in [0.5, 0.6) is 0 Å². The van der Waals surface area contributed by atoms with Gasteiger partial charge in [-0.1, -0.05) is 67.8 Å². The number of aromatic nitrogens is 2. The third kappa shape index (κ3) is 9.86. The predicted molar refractivity (Wildman–Crippen MR) is 158 cm³/mol. The molecule has 0 spiro atoms. The number of hydrogen-bond donors (Lipinski definition) is 1. The molecule has 7 heteroatoms. The van der Waals surface area contributed by atoms with Gasteiger partial charge in [0, 0.05) is 44.8 Å². The van der Waals surface area contributed by atoms with Gasteiger partial charge in [0.2, 0.25) is 0 Å². The van der Waals surface area contributed by atoms with Crippen LogP contribution in [-0.4, -0.2) is 70.2 Å². The van der Waals surface area contributed by atoms with Crippen LogP contribution in [-0.2, 0) is 11.2 Å². The smallest absolute Gasteiger partial charge is 0.290 e. The second-order valence-electron chi connectivity index (χ2n) is 11.4. The fraction of sp³-hybridized carbons (Fsp3) is 0.515. The number of rotatable bonds is 8. The first kappa shape index (κ1) is 29.9. The van der Waals surface area contributed by atoms with E-state index in [1.165, 1.54) is 108 Å². The highest BCUT2D eigenvalue weighted by molar-refractivity contribution is 5.32. The fourth-order valence-electron chi connectivity index (χ4n) is 6.07. The Morgan fingerprint density at radius 3 is 2.12 bits per heavy atom. The molecule has 1 aromatic heterocycles. The van der Waals surface area contributed by atoms with Gasteiger partial charge in [0.15, 0.2) is 0 Å². The molecule has 3 heterocycles. The molecular weight excluding hydrogens is 503 g/mol. The van der Waals surface area contributed by atoms with Gasteiger partial charge in [-0.05, 0) is 68.3 Å². The maximum Gasteiger partial charge on any atom is 0.290 e. The van der Waals surface area contributed by atoms with Crippen LogP contribution in [0.25, 0.3) is 0 Å². The lowest BCUT2D eigenvalue weighted by Crippen LogP contribution is -2.38. The van der Waals surface area contributed by atoms with Gasteiger partial charge < -0.3 is 19.5 Å². The van der Waals surface area contributed by atoms with E-state index in [1.54, 1.807) is 18.2 Å². The van der Waals surface area contributed by atoms with Crippen LogP contribution in [0.1, 0.15) is 62.2 Å². The first-order valence-electron chi connectivity index (χ1n) is 14.9. The van der Waals surface area contributed by atoms with Crippen LogP contribution in [0, 0.1) is 17.7 Å². The first-order chi connectivity index (χ1) is 19.6. The zero-order valence-corrected chi connectivity index (χ0v) is 23.7. The van der Waals surface area contributed by atoms with Gasteiger partial charge in [0.25, 0.3) is 6.47 Å². The third-order valence-electron chi connectivity index (χ3n) is 8.56. The molecule has 1 N–H and O–H groups in total. The number of benzene rings is 2. The summed E-state index contributed by atoms with van der Waals surface area (Å²) in [6.07, 6.45) is 15.2. The van der Waals surface area contributed by atoms with Crippen molar-refractivity contribution in [2.24, 2.45) is 11.8 Å². The van der Waals surface area contributed by atoms with Crippen LogP contribution in [0.3, 0.4) is 0 Å². The second kappa shape index (κ2) is 16.3. The molecule has 6 nitrogen and oxygen atoms in total. The van der Waals surface area contributed by atoms with Crippen molar-refractivity contribution in [1.82, 2.24) is 19.4 Å². The third-order valence-corrected chi connectivity index (χ3v) is 8.56. The van der Waals surface area contributed by atoms with E-state index < -0.39 is 0 Å². The summed E-state index contributed by atoms with van der Waals surface area (Å²) >= 11 is 0. The first-order valence-corrected chi connectivity index (χ1v) is 14.9. The Hall–Kier alpha value is -3.03. The van der Waals surface area contributed by atoms with Gasteiger partial charge >= 0.3 is 0 Å². The highest BCUT2D eigenvalue weighted by Crippen LogP contribution is 2.30. The summed E-state index contributed by atoms with van der Waals surface area (Å²) in [5, 5.41) is 6.89. The van der Waals surface area contributed by atoms with Gasteiger partial charge in [0.05, 0.1) is 12.0 Å². The Balaban J connectivity index is 0.000000315. The minimum absolute atomic E-state index is 0.178. The summed E-state index contributed by atoms with van der Waals surface area (Å²) in [5.74, 6) is 1.77. The van der Waals surface area contributed by atoms with Crippen molar-refractivity contribution in [2.75, 3.05) is 39.3 Å². The molecule has 0 unspecified atom stereocenters. The van der Waals surface area contributed by atoms with Crippen molar-refractivity contribution in [3.05, 3.63) is 90.3 Å². The number of hydrogen-bond acceptors (Lipinski definition) is 4. The van der Waals surface area contributed by atoms with Crippen molar-refractivity contribution in [2.45, 2.75) is 57.4 Å². The lowest BCUT2D eigenvalue weighted by Gasteiger charge is -2.34. The highest BCUT2D eigenvalue weighted by atomic mass is 19.1. The van der Waals surface area contributed by atoms with Crippen LogP contribution >= 0.6 is 0 Å². The molecular formula is C33H45FN4O2. The van der Waals surface area contributed by atoms with E-state index in [1.807, 2.05) is 0 Å². The van der Waals surface area contributed by atoms with Crippen LogP contribution in [0.15, 0.2) is 73.2 Å². The van der Waals surface area contributed by atoms with Crippen LogP contribution < -0.4 is 0 Å². The van der Waals surface area contributed by atoms with Crippen molar-refractivity contribution < 1.29 is 14.3 Å². The number of halogens is 1. The zero-order chi connectivity index (χ0) is 28.0. The lowest BCUT2D eigenvalue weighted by atomic mass is 9.83. The normalized spacial score (nSPS) is 20.1. The van der Waals surface area contributed by atoms with Crippen molar-refractivity contribution in [3.63, 3.8) is 0 Å². The molecule has 0 radical (unpaired) electrons. The standard InChI is InChI=1S/C26H38N4.C6H5F.CH2O2/c1-2-5-23(6-3-1)17-25-20-30(21-27-25)26-11-15-29(16-12-26)19-24-10-14-28(18-24)13-9-22-7-4-8-22;7-6-4-2-1-3-5-6;2-1-3/h1-3,5-6,20-22,24,26H,4,7-19H2;1-5H;1H,(H,2,3)/t24-;;/m1../s1. The minimum Gasteiger partial charge on any atom is -0.483 e. The fourth-order valence-corrected chi connectivity index (χ4v) is 6.07. The Morgan fingerprint density at radius 2 is 1.52 bits per heavy atom. The monoisotopic (exact) mass is 548 g/mol. The minimum atomic E-state index is -0.250. The molecule has 1 aliphatic carbocycles. The molecule has 3 fully saturated rings. The Labute approximate surface area is 238 Å².